The summed E-state index contributed by atoms with van der Waals surface area (Å²) in [6.07, 6.45) is 3.34. The monoisotopic (exact) mass is 262 g/mol. The Kier molecular flexibility index (Phi) is 3.64. The number of carboxylic acids is 1. The number of hydrogen-bond acceptors (Lipinski definition) is 2. The molecule has 100 valence electrons. The van der Waals surface area contributed by atoms with Gasteiger partial charge in [0.15, 0.2) is 0 Å². The molecule has 0 fully saturated rings. The number of rotatable bonds is 4. The first kappa shape index (κ1) is 13.3. The Morgan fingerprint density at radius 3 is 2.79 bits per heavy atom. The van der Waals surface area contributed by atoms with E-state index in [-0.39, 0.29) is 11.1 Å². The van der Waals surface area contributed by atoms with Crippen LogP contribution in [0, 0.1) is 5.82 Å². The number of aryl methyl sites for hydroxylation is 2. The van der Waals surface area contributed by atoms with Crippen LogP contribution in [0.15, 0.2) is 24.4 Å². The molecule has 1 heterocycles. The lowest BCUT2D eigenvalue weighted by Gasteiger charge is -2.04. The summed E-state index contributed by atoms with van der Waals surface area (Å²) in [6, 6.07) is 3.80. The Morgan fingerprint density at radius 2 is 2.16 bits per heavy atom. The average Bonchev–Trinajstić information content (AvgIpc) is 2.71. The third-order valence-electron chi connectivity index (χ3n) is 2.90. The first-order valence-electron chi connectivity index (χ1n) is 6.08. The number of halogens is 1. The second-order valence-electron chi connectivity index (χ2n) is 4.41. The Hall–Kier alpha value is -2.17. The minimum absolute atomic E-state index is 0.0719. The van der Waals surface area contributed by atoms with E-state index in [0.717, 1.165) is 18.5 Å². The number of carbonyl (C=O) groups is 1. The molecule has 0 atom stereocenters. The molecule has 1 aromatic carbocycles. The van der Waals surface area contributed by atoms with Gasteiger partial charge in [0.25, 0.3) is 0 Å². The molecule has 2 aromatic rings. The van der Waals surface area contributed by atoms with Gasteiger partial charge < -0.3 is 5.11 Å². The highest BCUT2D eigenvalue weighted by Crippen LogP contribution is 2.27. The first-order chi connectivity index (χ1) is 9.02. The van der Waals surface area contributed by atoms with Crippen LogP contribution in [-0.4, -0.2) is 20.9 Å². The molecule has 0 unspecified atom stereocenters. The molecule has 0 aliphatic carbocycles. The molecule has 1 N–H and O–H groups in total. The summed E-state index contributed by atoms with van der Waals surface area (Å²) < 4.78 is 15.5. The van der Waals surface area contributed by atoms with Gasteiger partial charge in [0.2, 0.25) is 0 Å². The van der Waals surface area contributed by atoms with E-state index >= 15 is 0 Å². The molecule has 0 spiro atoms. The van der Waals surface area contributed by atoms with Crippen molar-refractivity contribution in [3.63, 3.8) is 0 Å². The van der Waals surface area contributed by atoms with Gasteiger partial charge in [-0.15, -0.1) is 0 Å². The van der Waals surface area contributed by atoms with Crippen molar-refractivity contribution in [3.05, 3.63) is 41.5 Å². The molecule has 1 aromatic heterocycles. The fourth-order valence-corrected chi connectivity index (χ4v) is 2.05. The molecule has 0 saturated carbocycles. The zero-order valence-electron chi connectivity index (χ0n) is 10.9. The number of hydrogen-bond donors (Lipinski definition) is 1. The quantitative estimate of drug-likeness (QED) is 0.921. The van der Waals surface area contributed by atoms with Crippen molar-refractivity contribution in [2.45, 2.75) is 19.8 Å². The molecular formula is C14H15FN2O2. The lowest BCUT2D eigenvalue weighted by molar-refractivity contribution is 0.0697. The fourth-order valence-electron chi connectivity index (χ4n) is 2.05. The second-order valence-corrected chi connectivity index (χ2v) is 4.41. The van der Waals surface area contributed by atoms with Crippen molar-refractivity contribution in [2.24, 2.45) is 7.05 Å². The summed E-state index contributed by atoms with van der Waals surface area (Å²) in [6.45, 7) is 2.02. The van der Waals surface area contributed by atoms with E-state index < -0.39 is 11.8 Å². The maximum atomic E-state index is 13.9. The molecule has 5 heteroatoms. The van der Waals surface area contributed by atoms with Crippen LogP contribution < -0.4 is 0 Å². The first-order valence-corrected chi connectivity index (χ1v) is 6.08. The highest BCUT2D eigenvalue weighted by atomic mass is 19.1. The van der Waals surface area contributed by atoms with Gasteiger partial charge >= 0.3 is 5.97 Å². The van der Waals surface area contributed by atoms with Crippen LogP contribution in [-0.2, 0) is 13.5 Å². The SMILES string of the molecule is CCCc1nn(C)cc1-c1cc(C(=O)O)ccc1F. The summed E-state index contributed by atoms with van der Waals surface area (Å²) >= 11 is 0. The number of aromatic carboxylic acids is 1. The highest BCUT2D eigenvalue weighted by Gasteiger charge is 2.15. The van der Waals surface area contributed by atoms with Gasteiger partial charge in [0, 0.05) is 24.4 Å². The van der Waals surface area contributed by atoms with Gasteiger partial charge in [-0.2, -0.15) is 5.10 Å². The topological polar surface area (TPSA) is 55.1 Å². The molecule has 0 amide bonds. The van der Waals surface area contributed by atoms with Gasteiger partial charge in [0.1, 0.15) is 5.82 Å². The van der Waals surface area contributed by atoms with E-state index in [0.29, 0.717) is 5.56 Å². The molecule has 2 rings (SSSR count). The van der Waals surface area contributed by atoms with Crippen LogP contribution in [0.5, 0.6) is 0 Å². The number of nitrogens with zero attached hydrogens (tertiary/aromatic N) is 2. The van der Waals surface area contributed by atoms with Crippen molar-refractivity contribution in [1.29, 1.82) is 0 Å². The van der Waals surface area contributed by atoms with Gasteiger partial charge in [-0.1, -0.05) is 13.3 Å². The van der Waals surface area contributed by atoms with E-state index in [4.69, 9.17) is 5.11 Å². The van der Waals surface area contributed by atoms with Crippen molar-refractivity contribution in [3.8, 4) is 11.1 Å². The van der Waals surface area contributed by atoms with E-state index in [1.807, 2.05) is 6.92 Å². The fraction of sp³-hybridized carbons (Fsp3) is 0.286. The highest BCUT2D eigenvalue weighted by molar-refractivity contribution is 5.89. The molecule has 0 radical (unpaired) electrons. The van der Waals surface area contributed by atoms with Gasteiger partial charge in [0.05, 0.1) is 11.3 Å². The molecule has 19 heavy (non-hydrogen) atoms. The van der Waals surface area contributed by atoms with Gasteiger partial charge in [-0.25, -0.2) is 9.18 Å². The Morgan fingerprint density at radius 1 is 1.42 bits per heavy atom. The summed E-state index contributed by atoms with van der Waals surface area (Å²) in [5.41, 5.74) is 1.80. The number of benzene rings is 1. The van der Waals surface area contributed by atoms with Crippen molar-refractivity contribution in [1.82, 2.24) is 9.78 Å². The predicted octanol–water partition coefficient (Wildman–Crippen LogP) is 2.88. The van der Waals surface area contributed by atoms with E-state index in [2.05, 4.69) is 5.10 Å². The van der Waals surface area contributed by atoms with Crippen molar-refractivity contribution in [2.75, 3.05) is 0 Å². The summed E-state index contributed by atoms with van der Waals surface area (Å²) in [7, 11) is 1.77. The Balaban J connectivity index is 2.57. The second kappa shape index (κ2) is 5.22. The Bertz CT molecular complexity index is 620. The summed E-state index contributed by atoms with van der Waals surface area (Å²) in [5, 5.41) is 13.3. The minimum atomic E-state index is -1.07. The third-order valence-corrected chi connectivity index (χ3v) is 2.90. The molecule has 4 nitrogen and oxygen atoms in total. The lowest BCUT2D eigenvalue weighted by Crippen LogP contribution is -1.98. The summed E-state index contributed by atoms with van der Waals surface area (Å²) in [4.78, 5) is 11.0. The van der Waals surface area contributed by atoms with E-state index in [9.17, 15) is 9.18 Å². The standard InChI is InChI=1S/C14H15FN2O2/c1-3-4-13-11(8-17(2)16-13)10-7-9(14(18)19)5-6-12(10)15/h5-8H,3-4H2,1-2H3,(H,18,19). The average molecular weight is 262 g/mol. The molecule has 0 aliphatic rings. The molecule has 0 bridgehead atoms. The van der Waals surface area contributed by atoms with Crippen LogP contribution in [0.3, 0.4) is 0 Å². The summed E-state index contributed by atoms with van der Waals surface area (Å²) in [5.74, 6) is -1.50. The maximum Gasteiger partial charge on any atom is 0.335 e. The van der Waals surface area contributed by atoms with Gasteiger partial charge in [-0.3, -0.25) is 4.68 Å². The molecular weight excluding hydrogens is 247 g/mol. The van der Waals surface area contributed by atoms with Crippen LogP contribution in [0.25, 0.3) is 11.1 Å². The smallest absolute Gasteiger partial charge is 0.335 e. The normalized spacial score (nSPS) is 10.7. The number of aromatic nitrogens is 2. The predicted molar refractivity (Wildman–Crippen MR) is 69.6 cm³/mol. The van der Waals surface area contributed by atoms with Crippen LogP contribution >= 0.6 is 0 Å². The van der Waals surface area contributed by atoms with Gasteiger partial charge in [-0.05, 0) is 24.6 Å². The van der Waals surface area contributed by atoms with Crippen molar-refractivity contribution >= 4 is 5.97 Å². The molecule has 0 saturated heterocycles. The van der Waals surface area contributed by atoms with Crippen LogP contribution in [0.2, 0.25) is 0 Å². The van der Waals surface area contributed by atoms with Crippen LogP contribution in [0.1, 0.15) is 29.4 Å². The largest absolute Gasteiger partial charge is 0.478 e. The zero-order chi connectivity index (χ0) is 14.0. The number of carboxylic acid groups (broad SMARTS) is 1. The maximum absolute atomic E-state index is 13.9. The van der Waals surface area contributed by atoms with Crippen molar-refractivity contribution < 1.29 is 14.3 Å². The lowest BCUT2D eigenvalue weighted by atomic mass is 10.0. The zero-order valence-corrected chi connectivity index (χ0v) is 10.9. The van der Waals surface area contributed by atoms with E-state index in [1.54, 1.807) is 17.9 Å². The van der Waals surface area contributed by atoms with Crippen LogP contribution in [0.4, 0.5) is 4.39 Å². The van der Waals surface area contributed by atoms with E-state index in [1.165, 1.54) is 18.2 Å². The minimum Gasteiger partial charge on any atom is -0.478 e. The Labute approximate surface area is 110 Å². The third kappa shape index (κ3) is 2.65. The molecule has 0 aliphatic heterocycles.